The van der Waals surface area contributed by atoms with E-state index in [1.54, 1.807) is 24.3 Å². The minimum atomic E-state index is -0.184. The van der Waals surface area contributed by atoms with Gasteiger partial charge in [0.2, 0.25) is 0 Å². The number of rotatable bonds is 1. The number of carbonyl (C=O) groups is 1. The molecular weight excluding hydrogens is 284 g/mol. The lowest BCUT2D eigenvalue weighted by molar-refractivity contribution is -0.113. The Morgan fingerprint density at radius 2 is 2.33 bits per heavy atom. The zero-order chi connectivity index (χ0) is 14.8. The van der Waals surface area contributed by atoms with E-state index in [4.69, 9.17) is 0 Å². The quantitative estimate of drug-likeness (QED) is 0.810. The van der Waals surface area contributed by atoms with Crippen LogP contribution in [0.2, 0.25) is 0 Å². The predicted octanol–water partition coefficient (Wildman–Crippen LogP) is 3.09. The molecule has 2 aliphatic heterocycles. The van der Waals surface area contributed by atoms with Gasteiger partial charge in [0, 0.05) is 13.1 Å². The first-order chi connectivity index (χ1) is 10.1. The molecule has 1 N–H and O–H groups in total. The third kappa shape index (κ3) is 3.29. The van der Waals surface area contributed by atoms with E-state index in [1.165, 1.54) is 18.2 Å². The summed E-state index contributed by atoms with van der Waals surface area (Å²) in [6, 6.07) is 6.88. The standard InChI is InChI=1S/C16H18N2O2S/c1-11-4-3-7-18(10-11)16-17-15(20)14(21-16)9-12-5-2-6-13(19)8-12/h2,5-6,8-9,11,19H,3-4,7,10H2,1H3/t11-/m1/s1. The van der Waals surface area contributed by atoms with Crippen molar-refractivity contribution in [1.82, 2.24) is 4.90 Å². The maximum atomic E-state index is 12.0. The normalized spacial score (nSPS) is 24.5. The van der Waals surface area contributed by atoms with Gasteiger partial charge in [-0.1, -0.05) is 19.1 Å². The van der Waals surface area contributed by atoms with Crippen LogP contribution in [0.1, 0.15) is 25.3 Å². The van der Waals surface area contributed by atoms with Gasteiger partial charge in [0.05, 0.1) is 4.91 Å². The fourth-order valence-electron chi connectivity index (χ4n) is 2.66. The number of carbonyl (C=O) groups excluding carboxylic acids is 1. The molecule has 0 aromatic heterocycles. The van der Waals surface area contributed by atoms with Gasteiger partial charge in [-0.2, -0.15) is 4.99 Å². The molecule has 1 aromatic carbocycles. The zero-order valence-electron chi connectivity index (χ0n) is 12.0. The molecule has 0 spiro atoms. The van der Waals surface area contributed by atoms with E-state index < -0.39 is 0 Å². The molecule has 1 fully saturated rings. The highest BCUT2D eigenvalue weighted by Gasteiger charge is 2.28. The van der Waals surface area contributed by atoms with E-state index >= 15 is 0 Å². The number of aliphatic imine (C=N–C) groups is 1. The lowest BCUT2D eigenvalue weighted by Gasteiger charge is -2.31. The predicted molar refractivity (Wildman–Crippen MR) is 86.1 cm³/mol. The SMILES string of the molecule is C[C@@H]1CCCN(C2=NC(=O)C(=Cc3cccc(O)c3)S2)C1. The first kappa shape index (κ1) is 14.2. The molecule has 2 heterocycles. The summed E-state index contributed by atoms with van der Waals surface area (Å²) >= 11 is 1.43. The lowest BCUT2D eigenvalue weighted by atomic mass is 10.0. The third-order valence-corrected chi connectivity index (χ3v) is 4.75. The van der Waals surface area contributed by atoms with E-state index in [2.05, 4.69) is 16.8 Å². The topological polar surface area (TPSA) is 52.9 Å². The van der Waals surface area contributed by atoms with Crippen molar-refractivity contribution in [3.8, 4) is 5.75 Å². The molecule has 5 heteroatoms. The first-order valence-electron chi connectivity index (χ1n) is 7.18. The number of amidine groups is 1. The molecule has 0 saturated carbocycles. The summed E-state index contributed by atoms with van der Waals surface area (Å²) in [4.78, 5) is 19.0. The molecule has 0 bridgehead atoms. The average Bonchev–Trinajstić information content (AvgIpc) is 2.80. The molecule has 0 aliphatic carbocycles. The van der Waals surface area contributed by atoms with Gasteiger partial charge in [-0.25, -0.2) is 0 Å². The van der Waals surface area contributed by atoms with Crippen molar-refractivity contribution >= 4 is 28.9 Å². The van der Waals surface area contributed by atoms with Gasteiger partial charge in [-0.05, 0) is 54.3 Å². The Labute approximate surface area is 128 Å². The van der Waals surface area contributed by atoms with Gasteiger partial charge in [0.25, 0.3) is 5.91 Å². The largest absolute Gasteiger partial charge is 0.508 e. The third-order valence-electron chi connectivity index (χ3n) is 3.70. The first-order valence-corrected chi connectivity index (χ1v) is 8.00. The number of hydrogen-bond acceptors (Lipinski definition) is 4. The van der Waals surface area contributed by atoms with Gasteiger partial charge in [-0.15, -0.1) is 0 Å². The number of hydrogen-bond donors (Lipinski definition) is 1. The van der Waals surface area contributed by atoms with Crippen LogP contribution in [-0.4, -0.2) is 34.2 Å². The molecule has 0 radical (unpaired) electrons. The van der Waals surface area contributed by atoms with Crippen LogP contribution in [0, 0.1) is 5.92 Å². The molecule has 110 valence electrons. The fourth-order valence-corrected chi connectivity index (χ4v) is 3.61. The Balaban J connectivity index is 1.75. The highest BCUT2D eigenvalue weighted by atomic mass is 32.2. The second-order valence-electron chi connectivity index (χ2n) is 5.60. The Morgan fingerprint density at radius 1 is 1.48 bits per heavy atom. The second kappa shape index (κ2) is 5.93. The molecule has 1 aromatic rings. The van der Waals surface area contributed by atoms with Crippen molar-refractivity contribution in [3.63, 3.8) is 0 Å². The highest BCUT2D eigenvalue weighted by Crippen LogP contribution is 2.32. The van der Waals surface area contributed by atoms with Crippen LogP contribution in [0.25, 0.3) is 6.08 Å². The minimum absolute atomic E-state index is 0.184. The van der Waals surface area contributed by atoms with Crippen LogP contribution >= 0.6 is 11.8 Å². The van der Waals surface area contributed by atoms with Crippen LogP contribution in [-0.2, 0) is 4.79 Å². The van der Waals surface area contributed by atoms with E-state index in [0.717, 1.165) is 30.2 Å². The monoisotopic (exact) mass is 302 g/mol. The molecule has 1 amide bonds. The number of phenols is 1. The summed E-state index contributed by atoms with van der Waals surface area (Å²) in [5.41, 5.74) is 0.814. The van der Waals surface area contributed by atoms with E-state index in [9.17, 15) is 9.90 Å². The van der Waals surface area contributed by atoms with Gasteiger partial charge in [-0.3, -0.25) is 4.79 Å². The minimum Gasteiger partial charge on any atom is -0.508 e. The molecular formula is C16H18N2O2S. The number of phenolic OH excluding ortho intramolecular Hbond substituents is 1. The molecule has 21 heavy (non-hydrogen) atoms. The second-order valence-corrected chi connectivity index (χ2v) is 6.61. The summed E-state index contributed by atoms with van der Waals surface area (Å²) in [6.07, 6.45) is 4.19. The van der Waals surface area contributed by atoms with Crippen LogP contribution < -0.4 is 0 Å². The summed E-state index contributed by atoms with van der Waals surface area (Å²) in [7, 11) is 0. The Kier molecular flexibility index (Phi) is 4.01. The number of thioether (sulfide) groups is 1. The van der Waals surface area contributed by atoms with Gasteiger partial charge < -0.3 is 10.0 Å². The summed E-state index contributed by atoms with van der Waals surface area (Å²) in [5, 5.41) is 10.3. The number of nitrogens with zero attached hydrogens (tertiary/aromatic N) is 2. The van der Waals surface area contributed by atoms with Crippen molar-refractivity contribution < 1.29 is 9.90 Å². The Hall–Kier alpha value is -1.75. The van der Waals surface area contributed by atoms with Crippen LogP contribution in [0.5, 0.6) is 5.75 Å². The molecule has 2 aliphatic rings. The molecule has 1 saturated heterocycles. The van der Waals surface area contributed by atoms with E-state index in [1.807, 2.05) is 6.07 Å². The average molecular weight is 302 g/mol. The molecule has 1 atom stereocenters. The molecule has 3 rings (SSSR count). The Bertz CT molecular complexity index is 624. The van der Waals surface area contributed by atoms with Crippen molar-refractivity contribution in [2.75, 3.05) is 13.1 Å². The summed E-state index contributed by atoms with van der Waals surface area (Å²) in [6.45, 7) is 4.18. The van der Waals surface area contributed by atoms with Crippen LogP contribution in [0.15, 0.2) is 34.2 Å². The smallest absolute Gasteiger partial charge is 0.286 e. The number of piperidine rings is 1. The number of aromatic hydroxyl groups is 1. The van der Waals surface area contributed by atoms with Crippen LogP contribution in [0.4, 0.5) is 0 Å². The van der Waals surface area contributed by atoms with Gasteiger partial charge in [0.15, 0.2) is 5.17 Å². The number of likely N-dealkylation sites (tertiary alicyclic amines) is 1. The lowest BCUT2D eigenvalue weighted by Crippen LogP contribution is -2.37. The number of amides is 1. The van der Waals surface area contributed by atoms with E-state index in [-0.39, 0.29) is 11.7 Å². The maximum Gasteiger partial charge on any atom is 0.286 e. The van der Waals surface area contributed by atoms with Gasteiger partial charge >= 0.3 is 0 Å². The maximum absolute atomic E-state index is 12.0. The molecule has 0 unspecified atom stereocenters. The van der Waals surface area contributed by atoms with Crippen molar-refractivity contribution in [3.05, 3.63) is 34.7 Å². The molecule has 4 nitrogen and oxygen atoms in total. The van der Waals surface area contributed by atoms with Crippen LogP contribution in [0.3, 0.4) is 0 Å². The van der Waals surface area contributed by atoms with Crippen molar-refractivity contribution in [2.45, 2.75) is 19.8 Å². The fraction of sp³-hybridized carbons (Fsp3) is 0.375. The number of benzene rings is 1. The Morgan fingerprint density at radius 3 is 3.10 bits per heavy atom. The van der Waals surface area contributed by atoms with Gasteiger partial charge in [0.1, 0.15) is 5.75 Å². The summed E-state index contributed by atoms with van der Waals surface area (Å²) in [5.74, 6) is 0.665. The summed E-state index contributed by atoms with van der Waals surface area (Å²) < 4.78 is 0. The van der Waals surface area contributed by atoms with Crippen molar-refractivity contribution in [2.24, 2.45) is 10.9 Å². The van der Waals surface area contributed by atoms with Crippen molar-refractivity contribution in [1.29, 1.82) is 0 Å². The van der Waals surface area contributed by atoms with E-state index in [0.29, 0.717) is 10.8 Å². The zero-order valence-corrected chi connectivity index (χ0v) is 12.8. The highest BCUT2D eigenvalue weighted by molar-refractivity contribution is 8.18.